The maximum Gasteiger partial charge on any atom is 0.274 e. The van der Waals surface area contributed by atoms with Gasteiger partial charge < -0.3 is 9.64 Å². The number of ether oxygens (including phenoxy) is 1. The Hall–Kier alpha value is -2.26. The number of benzene rings is 2. The van der Waals surface area contributed by atoms with Gasteiger partial charge in [-0.05, 0) is 50.3 Å². The van der Waals surface area contributed by atoms with Crippen molar-refractivity contribution in [2.24, 2.45) is 0 Å². The molecule has 0 radical (unpaired) electrons. The number of rotatable bonds is 4. The number of thioether (sulfide) groups is 1. The molecule has 8 heteroatoms. The van der Waals surface area contributed by atoms with E-state index in [9.17, 15) is 4.79 Å². The molecule has 0 N–H and O–H groups in total. The number of amides is 1. The lowest BCUT2D eigenvalue weighted by Gasteiger charge is -2.26. The summed E-state index contributed by atoms with van der Waals surface area (Å²) in [5.41, 5.74) is 4.70. The molecule has 2 aliphatic rings. The predicted molar refractivity (Wildman–Crippen MR) is 125 cm³/mol. The lowest BCUT2D eigenvalue weighted by atomic mass is 10.0. The minimum atomic E-state index is -0.00268. The monoisotopic (exact) mass is 452 g/mol. The molecule has 0 atom stereocenters. The molecule has 3 heterocycles. The van der Waals surface area contributed by atoms with E-state index in [2.05, 4.69) is 40.7 Å². The third-order valence-corrected chi connectivity index (χ3v) is 7.28. The quantitative estimate of drug-likeness (QED) is 0.554. The summed E-state index contributed by atoms with van der Waals surface area (Å²) in [5, 5.41) is 4.90. The SMILES string of the molecule is CN(C)Sc1cccc(-n2nc(C(=O)N3CCOCC3)c3c2-c2ccccc2SC3)c1. The highest BCUT2D eigenvalue weighted by atomic mass is 32.2. The molecule has 1 saturated heterocycles. The maximum atomic E-state index is 13.4. The van der Waals surface area contributed by atoms with E-state index in [0.29, 0.717) is 32.0 Å². The summed E-state index contributed by atoms with van der Waals surface area (Å²) in [6, 6.07) is 16.7. The van der Waals surface area contributed by atoms with Crippen LogP contribution in [0.3, 0.4) is 0 Å². The second-order valence-corrected chi connectivity index (χ2v) is 10.1. The van der Waals surface area contributed by atoms with Crippen molar-refractivity contribution < 1.29 is 9.53 Å². The van der Waals surface area contributed by atoms with E-state index in [4.69, 9.17) is 9.84 Å². The summed E-state index contributed by atoms with van der Waals surface area (Å²) >= 11 is 3.44. The van der Waals surface area contributed by atoms with Gasteiger partial charge in [0.05, 0.1) is 24.6 Å². The average molecular weight is 453 g/mol. The third-order valence-electron chi connectivity index (χ3n) is 5.35. The number of carbonyl (C=O) groups is 1. The molecule has 5 rings (SSSR count). The second-order valence-electron chi connectivity index (χ2n) is 7.68. The fraction of sp³-hybridized carbons (Fsp3) is 0.304. The normalized spacial score (nSPS) is 15.6. The molecular formula is C23H24N4O2S2. The van der Waals surface area contributed by atoms with E-state index >= 15 is 0 Å². The standard InChI is InChI=1S/C23H24N4O2S2/c1-25(2)31-17-7-5-6-16(14-17)27-22-18-8-3-4-9-20(18)30-15-19(22)21(24-27)23(28)26-10-12-29-13-11-26/h3-9,14H,10-13,15H2,1-2H3. The van der Waals surface area contributed by atoms with Gasteiger partial charge in [0.25, 0.3) is 5.91 Å². The zero-order valence-corrected chi connectivity index (χ0v) is 19.2. The van der Waals surface area contributed by atoms with E-state index in [1.807, 2.05) is 35.8 Å². The largest absolute Gasteiger partial charge is 0.378 e. The van der Waals surface area contributed by atoms with Crippen LogP contribution in [0.4, 0.5) is 0 Å². The lowest BCUT2D eigenvalue weighted by Crippen LogP contribution is -2.41. The molecule has 2 aromatic carbocycles. The van der Waals surface area contributed by atoms with Crippen molar-refractivity contribution >= 4 is 29.6 Å². The van der Waals surface area contributed by atoms with Crippen molar-refractivity contribution in [3.8, 4) is 16.9 Å². The number of carbonyl (C=O) groups excluding carboxylic acids is 1. The topological polar surface area (TPSA) is 50.6 Å². The van der Waals surface area contributed by atoms with E-state index < -0.39 is 0 Å². The Kier molecular flexibility index (Phi) is 5.79. The summed E-state index contributed by atoms with van der Waals surface area (Å²) in [6.45, 7) is 2.38. The van der Waals surface area contributed by atoms with Crippen LogP contribution in [-0.4, -0.2) is 65.3 Å². The Morgan fingerprint density at radius 3 is 2.74 bits per heavy atom. The van der Waals surface area contributed by atoms with E-state index in [0.717, 1.165) is 33.2 Å². The zero-order valence-electron chi connectivity index (χ0n) is 17.6. The molecule has 1 amide bonds. The average Bonchev–Trinajstić information content (AvgIpc) is 3.19. The first kappa shape index (κ1) is 20.6. The smallest absolute Gasteiger partial charge is 0.274 e. The second kappa shape index (κ2) is 8.70. The van der Waals surface area contributed by atoms with Crippen LogP contribution in [-0.2, 0) is 10.5 Å². The molecule has 6 nitrogen and oxygen atoms in total. The molecule has 0 bridgehead atoms. The highest BCUT2D eigenvalue weighted by Gasteiger charge is 2.31. The highest BCUT2D eigenvalue weighted by molar-refractivity contribution is 7.98. The van der Waals surface area contributed by atoms with Gasteiger partial charge in [-0.15, -0.1) is 11.8 Å². The van der Waals surface area contributed by atoms with Gasteiger partial charge in [0.2, 0.25) is 0 Å². The summed E-state index contributed by atoms with van der Waals surface area (Å²) in [6.07, 6.45) is 0. The van der Waals surface area contributed by atoms with Crippen molar-refractivity contribution in [3.63, 3.8) is 0 Å². The number of fused-ring (bicyclic) bond motifs is 3. The van der Waals surface area contributed by atoms with E-state index in [-0.39, 0.29) is 5.91 Å². The molecule has 160 valence electrons. The lowest BCUT2D eigenvalue weighted by molar-refractivity contribution is 0.0298. The van der Waals surface area contributed by atoms with Gasteiger partial charge in [0.1, 0.15) is 0 Å². The molecule has 2 aliphatic heterocycles. The van der Waals surface area contributed by atoms with Crippen molar-refractivity contribution in [2.75, 3.05) is 40.4 Å². The van der Waals surface area contributed by atoms with Gasteiger partial charge >= 0.3 is 0 Å². The van der Waals surface area contributed by atoms with E-state index in [1.165, 1.54) is 4.90 Å². The number of morpholine rings is 1. The first-order chi connectivity index (χ1) is 15.1. The highest BCUT2D eigenvalue weighted by Crippen LogP contribution is 2.44. The Morgan fingerprint density at radius 1 is 1.13 bits per heavy atom. The van der Waals surface area contributed by atoms with Gasteiger partial charge in [-0.2, -0.15) is 5.10 Å². The van der Waals surface area contributed by atoms with Crippen LogP contribution in [0.25, 0.3) is 16.9 Å². The minimum absolute atomic E-state index is 0.00268. The Balaban J connectivity index is 1.65. The van der Waals surface area contributed by atoms with Crippen LogP contribution in [0.5, 0.6) is 0 Å². The number of nitrogens with zero attached hydrogens (tertiary/aromatic N) is 4. The van der Waals surface area contributed by atoms with Crippen LogP contribution in [0.15, 0.2) is 58.3 Å². The summed E-state index contributed by atoms with van der Waals surface area (Å²) in [7, 11) is 4.05. The first-order valence-electron chi connectivity index (χ1n) is 10.3. The van der Waals surface area contributed by atoms with Crippen molar-refractivity contribution in [1.82, 2.24) is 19.0 Å². The maximum absolute atomic E-state index is 13.4. The van der Waals surface area contributed by atoms with Gasteiger partial charge in [0.15, 0.2) is 5.69 Å². The first-order valence-corrected chi connectivity index (χ1v) is 12.0. The molecular weight excluding hydrogens is 428 g/mol. The van der Waals surface area contributed by atoms with Gasteiger partial charge in [0, 0.05) is 39.8 Å². The number of aromatic nitrogens is 2. The molecule has 3 aromatic rings. The van der Waals surface area contributed by atoms with Crippen molar-refractivity contribution in [1.29, 1.82) is 0 Å². The predicted octanol–water partition coefficient (Wildman–Crippen LogP) is 4.19. The van der Waals surface area contributed by atoms with Crippen LogP contribution >= 0.6 is 23.7 Å². The van der Waals surface area contributed by atoms with Gasteiger partial charge in [-0.25, -0.2) is 4.68 Å². The summed E-state index contributed by atoms with van der Waals surface area (Å²) < 4.78 is 9.46. The fourth-order valence-electron chi connectivity index (χ4n) is 3.96. The van der Waals surface area contributed by atoms with Crippen LogP contribution in [0, 0.1) is 0 Å². The van der Waals surface area contributed by atoms with Gasteiger partial charge in [-0.1, -0.05) is 24.3 Å². The fourth-order valence-corrected chi connectivity index (χ4v) is 5.76. The van der Waals surface area contributed by atoms with Crippen LogP contribution < -0.4 is 0 Å². The molecule has 0 unspecified atom stereocenters. The molecule has 1 aromatic heterocycles. The third kappa shape index (κ3) is 4.01. The van der Waals surface area contributed by atoms with Crippen LogP contribution in [0.1, 0.15) is 16.1 Å². The molecule has 1 fully saturated rings. The van der Waals surface area contributed by atoms with Crippen molar-refractivity contribution in [2.45, 2.75) is 15.5 Å². The summed E-state index contributed by atoms with van der Waals surface area (Å²) in [5.74, 6) is 0.737. The Labute approximate surface area is 190 Å². The number of hydrogen-bond donors (Lipinski definition) is 0. The zero-order chi connectivity index (χ0) is 21.4. The van der Waals surface area contributed by atoms with Crippen molar-refractivity contribution in [3.05, 3.63) is 59.8 Å². The summed E-state index contributed by atoms with van der Waals surface area (Å²) in [4.78, 5) is 17.6. The molecule has 0 spiro atoms. The molecule has 0 saturated carbocycles. The molecule has 31 heavy (non-hydrogen) atoms. The van der Waals surface area contributed by atoms with Crippen LogP contribution in [0.2, 0.25) is 0 Å². The van der Waals surface area contributed by atoms with E-state index in [1.54, 1.807) is 23.7 Å². The Bertz CT molecular complexity index is 1120. The minimum Gasteiger partial charge on any atom is -0.378 e. The van der Waals surface area contributed by atoms with Gasteiger partial charge in [-0.3, -0.25) is 9.10 Å². The number of hydrogen-bond acceptors (Lipinski definition) is 6. The Morgan fingerprint density at radius 2 is 1.94 bits per heavy atom. The molecule has 0 aliphatic carbocycles.